The number of nitrogens with two attached hydrogens (primary N) is 1. The number of likely N-dealkylation sites (tertiary alicyclic amines) is 1. The number of aliphatic hydroxyl groups excluding tert-OH is 2. The standard InChI is InChI=1S/C11H19N3O2/c12-10(8-16)1-2-11(13)14-5-3-9(7-15)4-6-14/h1-2,8-9,13,15-16H,3-7,12H2/b2-1-,10-8-,13-11?. The molecule has 1 aliphatic rings. The van der Waals surface area contributed by atoms with Crippen LogP contribution in [0.15, 0.2) is 24.1 Å². The molecular weight excluding hydrogens is 206 g/mol. The van der Waals surface area contributed by atoms with Gasteiger partial charge in [0.05, 0.1) is 5.70 Å². The Kier molecular flexibility index (Phi) is 4.85. The van der Waals surface area contributed by atoms with Crippen molar-refractivity contribution in [2.24, 2.45) is 11.7 Å². The molecule has 0 aromatic rings. The molecule has 0 unspecified atom stereocenters. The van der Waals surface area contributed by atoms with Gasteiger partial charge in [-0.25, -0.2) is 0 Å². The minimum Gasteiger partial charge on any atom is -0.513 e. The maximum atomic E-state index is 8.99. The summed E-state index contributed by atoms with van der Waals surface area (Å²) < 4.78 is 0. The molecule has 5 nitrogen and oxygen atoms in total. The topological polar surface area (TPSA) is 93.6 Å². The quantitative estimate of drug-likeness (QED) is 0.245. The van der Waals surface area contributed by atoms with E-state index in [9.17, 15) is 0 Å². The van der Waals surface area contributed by atoms with Crippen molar-refractivity contribution < 1.29 is 10.2 Å². The lowest BCUT2D eigenvalue weighted by molar-refractivity contribution is 0.166. The third kappa shape index (κ3) is 3.58. The summed E-state index contributed by atoms with van der Waals surface area (Å²) in [6, 6.07) is 0. The summed E-state index contributed by atoms with van der Waals surface area (Å²) in [6.07, 6.45) is 5.71. The van der Waals surface area contributed by atoms with Crippen molar-refractivity contribution >= 4 is 5.84 Å². The van der Waals surface area contributed by atoms with Gasteiger partial charge in [-0.1, -0.05) is 0 Å². The van der Waals surface area contributed by atoms with Crippen LogP contribution in [0.5, 0.6) is 0 Å². The molecule has 0 saturated carbocycles. The highest BCUT2D eigenvalue weighted by molar-refractivity contribution is 5.90. The average Bonchev–Trinajstić information content (AvgIpc) is 2.35. The number of nitrogens with zero attached hydrogens (tertiary/aromatic N) is 1. The smallest absolute Gasteiger partial charge is 0.120 e. The molecule has 90 valence electrons. The fourth-order valence-electron chi connectivity index (χ4n) is 1.68. The Hall–Kier alpha value is -1.49. The summed E-state index contributed by atoms with van der Waals surface area (Å²) in [4.78, 5) is 1.94. The molecule has 0 amide bonds. The first-order valence-corrected chi connectivity index (χ1v) is 5.39. The first-order valence-electron chi connectivity index (χ1n) is 5.39. The predicted octanol–water partition coefficient (Wildman–Crippen LogP) is 0.582. The van der Waals surface area contributed by atoms with E-state index >= 15 is 0 Å². The molecule has 0 aromatic carbocycles. The summed E-state index contributed by atoms with van der Waals surface area (Å²) >= 11 is 0. The van der Waals surface area contributed by atoms with E-state index in [-0.39, 0.29) is 12.3 Å². The number of allylic oxidation sites excluding steroid dienone is 1. The van der Waals surface area contributed by atoms with Crippen molar-refractivity contribution in [1.29, 1.82) is 5.41 Å². The van der Waals surface area contributed by atoms with Crippen molar-refractivity contribution in [1.82, 2.24) is 4.90 Å². The highest BCUT2D eigenvalue weighted by Crippen LogP contribution is 2.16. The van der Waals surface area contributed by atoms with Gasteiger partial charge in [0.1, 0.15) is 12.1 Å². The summed E-state index contributed by atoms with van der Waals surface area (Å²) in [5.41, 5.74) is 5.60. The van der Waals surface area contributed by atoms with E-state index < -0.39 is 0 Å². The molecule has 0 atom stereocenters. The highest BCUT2D eigenvalue weighted by atomic mass is 16.3. The van der Waals surface area contributed by atoms with Gasteiger partial charge >= 0.3 is 0 Å². The van der Waals surface area contributed by atoms with Crippen LogP contribution in [0.25, 0.3) is 0 Å². The zero-order valence-electron chi connectivity index (χ0n) is 9.26. The summed E-state index contributed by atoms with van der Waals surface area (Å²) in [6.45, 7) is 1.81. The SMILES string of the molecule is N=C(/C=C\C(N)=C\O)N1CCC(CO)CC1. The van der Waals surface area contributed by atoms with Crippen molar-refractivity contribution in [2.75, 3.05) is 19.7 Å². The largest absolute Gasteiger partial charge is 0.513 e. The molecular formula is C11H19N3O2. The van der Waals surface area contributed by atoms with Crippen molar-refractivity contribution in [3.05, 3.63) is 24.1 Å². The average molecular weight is 225 g/mol. The van der Waals surface area contributed by atoms with E-state index in [0.29, 0.717) is 11.8 Å². The molecule has 1 rings (SSSR count). The molecule has 1 saturated heterocycles. The summed E-state index contributed by atoms with van der Waals surface area (Å²) in [5.74, 6) is 0.761. The third-order valence-corrected chi connectivity index (χ3v) is 2.80. The Labute approximate surface area is 95.4 Å². The molecule has 1 heterocycles. The molecule has 16 heavy (non-hydrogen) atoms. The van der Waals surface area contributed by atoms with Crippen LogP contribution in [-0.2, 0) is 0 Å². The molecule has 0 radical (unpaired) electrons. The normalized spacial score (nSPS) is 19.3. The monoisotopic (exact) mass is 225 g/mol. The van der Waals surface area contributed by atoms with Gasteiger partial charge in [-0.15, -0.1) is 0 Å². The lowest BCUT2D eigenvalue weighted by Gasteiger charge is -2.31. The van der Waals surface area contributed by atoms with E-state index in [1.165, 1.54) is 6.08 Å². The van der Waals surface area contributed by atoms with Gasteiger partial charge < -0.3 is 20.8 Å². The second-order valence-corrected chi connectivity index (χ2v) is 3.96. The lowest BCUT2D eigenvalue weighted by atomic mass is 9.98. The van der Waals surface area contributed by atoms with E-state index in [1.54, 1.807) is 6.08 Å². The molecule has 1 fully saturated rings. The third-order valence-electron chi connectivity index (χ3n) is 2.80. The number of hydrogen-bond acceptors (Lipinski definition) is 4. The van der Waals surface area contributed by atoms with Crippen molar-refractivity contribution in [3.8, 4) is 0 Å². The van der Waals surface area contributed by atoms with Crippen LogP contribution < -0.4 is 5.73 Å². The number of amidine groups is 1. The summed E-state index contributed by atoms with van der Waals surface area (Å²) in [5, 5.41) is 25.3. The van der Waals surface area contributed by atoms with Gasteiger partial charge in [0, 0.05) is 19.7 Å². The van der Waals surface area contributed by atoms with E-state index in [1.807, 2.05) is 4.90 Å². The number of nitrogens with one attached hydrogen (secondary N) is 1. The number of rotatable bonds is 3. The molecule has 1 aliphatic heterocycles. The summed E-state index contributed by atoms with van der Waals surface area (Å²) in [7, 11) is 0. The molecule has 0 aliphatic carbocycles. The van der Waals surface area contributed by atoms with E-state index in [4.69, 9.17) is 21.4 Å². The van der Waals surface area contributed by atoms with Gasteiger partial charge in [0.25, 0.3) is 0 Å². The molecule has 5 N–H and O–H groups in total. The van der Waals surface area contributed by atoms with Crippen LogP contribution in [0, 0.1) is 11.3 Å². The van der Waals surface area contributed by atoms with Gasteiger partial charge in [-0.2, -0.15) is 0 Å². The Morgan fingerprint density at radius 2 is 2.00 bits per heavy atom. The fourth-order valence-corrected chi connectivity index (χ4v) is 1.68. The molecule has 0 aromatic heterocycles. The van der Waals surface area contributed by atoms with Crippen LogP contribution in [-0.4, -0.2) is 40.6 Å². The number of hydrogen-bond donors (Lipinski definition) is 4. The molecule has 0 bridgehead atoms. The Morgan fingerprint density at radius 1 is 1.38 bits per heavy atom. The maximum Gasteiger partial charge on any atom is 0.120 e. The van der Waals surface area contributed by atoms with E-state index in [2.05, 4.69) is 0 Å². The minimum atomic E-state index is 0.231. The molecule has 0 spiro atoms. The first kappa shape index (κ1) is 12.6. The van der Waals surface area contributed by atoms with Crippen LogP contribution >= 0.6 is 0 Å². The van der Waals surface area contributed by atoms with Gasteiger partial charge in [-0.3, -0.25) is 5.41 Å². The lowest BCUT2D eigenvalue weighted by Crippen LogP contribution is -2.38. The van der Waals surface area contributed by atoms with E-state index in [0.717, 1.165) is 32.2 Å². The number of piperidine rings is 1. The Morgan fingerprint density at radius 3 is 2.50 bits per heavy atom. The van der Waals surface area contributed by atoms with Crippen LogP contribution in [0.3, 0.4) is 0 Å². The van der Waals surface area contributed by atoms with Crippen LogP contribution in [0.2, 0.25) is 0 Å². The van der Waals surface area contributed by atoms with Gasteiger partial charge in [0.15, 0.2) is 0 Å². The first-order chi connectivity index (χ1) is 7.67. The predicted molar refractivity (Wildman–Crippen MR) is 63.1 cm³/mol. The Bertz CT molecular complexity index is 292. The Balaban J connectivity index is 2.42. The fraction of sp³-hybridized carbons (Fsp3) is 0.545. The zero-order valence-corrected chi connectivity index (χ0v) is 9.26. The van der Waals surface area contributed by atoms with Crippen molar-refractivity contribution in [2.45, 2.75) is 12.8 Å². The molecule has 5 heteroatoms. The minimum absolute atomic E-state index is 0.231. The van der Waals surface area contributed by atoms with Gasteiger partial charge in [0.2, 0.25) is 0 Å². The maximum absolute atomic E-state index is 8.99. The second kappa shape index (κ2) is 6.17. The van der Waals surface area contributed by atoms with Gasteiger partial charge in [-0.05, 0) is 30.9 Å². The van der Waals surface area contributed by atoms with Crippen LogP contribution in [0.1, 0.15) is 12.8 Å². The second-order valence-electron chi connectivity index (χ2n) is 3.96. The number of aliphatic hydroxyl groups is 2. The van der Waals surface area contributed by atoms with Crippen molar-refractivity contribution in [3.63, 3.8) is 0 Å². The highest BCUT2D eigenvalue weighted by Gasteiger charge is 2.18. The zero-order chi connectivity index (χ0) is 12.0. The van der Waals surface area contributed by atoms with Crippen LogP contribution in [0.4, 0.5) is 0 Å².